The molecule has 6 N–H and O–H groups in total. The van der Waals surface area contributed by atoms with Gasteiger partial charge in [-0.15, -0.1) is 0 Å². The molecule has 0 spiro atoms. The topological polar surface area (TPSA) is 175 Å². The Morgan fingerprint density at radius 1 is 0.519 bits per heavy atom. The van der Waals surface area contributed by atoms with Crippen molar-refractivity contribution in [2.24, 2.45) is 0 Å². The van der Waals surface area contributed by atoms with Gasteiger partial charge in [-0.05, 0) is 89.9 Å². The van der Waals surface area contributed by atoms with Crippen LogP contribution in [0, 0.1) is 0 Å². The van der Waals surface area contributed by atoms with Crippen molar-refractivity contribution in [2.75, 3.05) is 13.2 Å². The van der Waals surface area contributed by atoms with E-state index in [1.165, 1.54) is 103 Å². The first-order valence-electron chi connectivity index (χ1n) is 31.7. The van der Waals surface area contributed by atoms with Crippen LogP contribution in [0.15, 0.2) is 109 Å². The average molecular weight is 1110 g/mol. The number of carbonyl (C=O) groups is 2. The van der Waals surface area contributed by atoms with Gasteiger partial charge in [0.05, 0.1) is 25.4 Å². The molecule has 1 aliphatic heterocycles. The van der Waals surface area contributed by atoms with E-state index in [9.17, 15) is 35.1 Å². The molecule has 79 heavy (non-hydrogen) atoms. The highest BCUT2D eigenvalue weighted by Crippen LogP contribution is 2.26. The van der Waals surface area contributed by atoms with Crippen molar-refractivity contribution < 1.29 is 49.3 Å². The number of esters is 1. The zero-order chi connectivity index (χ0) is 57.5. The molecule has 1 heterocycles. The van der Waals surface area contributed by atoms with Gasteiger partial charge < -0.3 is 45.1 Å². The third-order valence-electron chi connectivity index (χ3n) is 14.3. The van der Waals surface area contributed by atoms with Crippen LogP contribution in [0.1, 0.15) is 245 Å². The number of amides is 1. The molecule has 11 nitrogen and oxygen atoms in total. The first-order chi connectivity index (χ1) is 38.7. The number of ether oxygens (including phenoxy) is 3. The number of allylic oxidation sites excluding steroid dienone is 17. The van der Waals surface area contributed by atoms with Crippen LogP contribution in [-0.2, 0) is 23.8 Å². The number of hydrogen-bond acceptors (Lipinski definition) is 10. The predicted octanol–water partition coefficient (Wildman–Crippen LogP) is 15.3. The standard InChI is InChI=1S/C68H115NO10/c1-4-7-10-13-16-19-22-25-26-27-28-29-30-31-32-33-34-35-36-38-41-44-47-50-53-56-63(73)79-66-65(75)64(74)62(57-70)78-68(66)77-58-59(60(71)54-51-48-45-42-40-37-23-20-17-14-11-8-5-2)69-67(76)61(72)55-52-49-46-43-39-24-21-18-15-12-9-6-3/h9,12,15-16,18-19,21,24-26,28-29,31-32,39,43,51,54,59-62,64-66,68,70-72,74-75H,4-8,10-11,13-14,17,20,22-23,27,30,33-38,40-42,44-50,52-53,55-58H2,1-3H3,(H,69,76)/b12-9+,18-15+,19-16-,24-21-,26-25-,29-28-,32-31-,43-39-,54-51+. The normalized spacial score (nSPS) is 19.6. The third kappa shape index (κ3) is 42.8. The van der Waals surface area contributed by atoms with Crippen molar-refractivity contribution in [1.29, 1.82) is 0 Å². The summed E-state index contributed by atoms with van der Waals surface area (Å²) in [5.41, 5.74) is 0. The SMILES string of the molecule is CC/C=C/C=C/C=C\C=C/CCCCC(O)C(=O)NC(COC1OC(CO)C(O)C(O)C1OC(=O)CCCCCCCCCCC/C=C\C/C=C\C/C=C\C/C=C\CCCCC)C(O)/C=C/CCCCCCCCCCCCC. The van der Waals surface area contributed by atoms with Crippen molar-refractivity contribution in [3.8, 4) is 0 Å². The quantitative estimate of drug-likeness (QED) is 0.0149. The Morgan fingerprint density at radius 2 is 0.962 bits per heavy atom. The Bertz CT molecular complexity index is 1700. The summed E-state index contributed by atoms with van der Waals surface area (Å²) in [6.45, 7) is 5.58. The van der Waals surface area contributed by atoms with Crippen molar-refractivity contribution in [3.63, 3.8) is 0 Å². The zero-order valence-corrected chi connectivity index (χ0v) is 50.0. The van der Waals surface area contributed by atoms with Gasteiger partial charge in [0, 0.05) is 6.42 Å². The summed E-state index contributed by atoms with van der Waals surface area (Å²) in [5.74, 6) is -1.25. The van der Waals surface area contributed by atoms with E-state index >= 15 is 0 Å². The van der Waals surface area contributed by atoms with Gasteiger partial charge in [-0.2, -0.15) is 0 Å². The summed E-state index contributed by atoms with van der Waals surface area (Å²) < 4.78 is 17.6. The maximum atomic E-state index is 13.4. The number of aliphatic hydroxyl groups excluding tert-OH is 5. The van der Waals surface area contributed by atoms with Crippen LogP contribution in [0.25, 0.3) is 0 Å². The van der Waals surface area contributed by atoms with Crippen molar-refractivity contribution in [2.45, 2.75) is 294 Å². The zero-order valence-electron chi connectivity index (χ0n) is 50.0. The molecule has 0 saturated carbocycles. The molecule has 452 valence electrons. The van der Waals surface area contributed by atoms with Crippen LogP contribution < -0.4 is 5.32 Å². The van der Waals surface area contributed by atoms with Gasteiger partial charge in [-0.3, -0.25) is 9.59 Å². The van der Waals surface area contributed by atoms with Crippen molar-refractivity contribution >= 4 is 11.9 Å². The molecule has 8 unspecified atom stereocenters. The minimum atomic E-state index is -1.63. The Morgan fingerprint density at radius 3 is 1.51 bits per heavy atom. The van der Waals surface area contributed by atoms with Gasteiger partial charge in [0.2, 0.25) is 5.91 Å². The summed E-state index contributed by atoms with van der Waals surface area (Å²) in [4.78, 5) is 26.5. The van der Waals surface area contributed by atoms with E-state index in [1.54, 1.807) is 6.08 Å². The molecule has 0 aromatic rings. The second kappa shape index (κ2) is 54.9. The second-order valence-electron chi connectivity index (χ2n) is 21.5. The molecule has 0 radical (unpaired) electrons. The number of nitrogens with one attached hydrogen (secondary N) is 1. The molecule has 11 heteroatoms. The molecule has 1 aliphatic rings. The lowest BCUT2D eigenvalue weighted by Crippen LogP contribution is -2.61. The van der Waals surface area contributed by atoms with Crippen LogP contribution in [0.3, 0.4) is 0 Å². The van der Waals surface area contributed by atoms with Crippen LogP contribution in [0.4, 0.5) is 0 Å². The maximum absolute atomic E-state index is 13.4. The number of unbranched alkanes of at least 4 members (excludes halogenated alkanes) is 25. The smallest absolute Gasteiger partial charge is 0.306 e. The Kier molecular flexibility index (Phi) is 50.9. The molecule has 1 amide bonds. The molecular formula is C68H115NO10. The van der Waals surface area contributed by atoms with E-state index in [2.05, 4.69) is 80.8 Å². The largest absolute Gasteiger partial charge is 0.454 e. The van der Waals surface area contributed by atoms with E-state index < -0.39 is 67.4 Å². The predicted molar refractivity (Wildman–Crippen MR) is 328 cm³/mol. The molecule has 0 aromatic heterocycles. The Labute approximate surface area is 481 Å². The molecular weight excluding hydrogens is 991 g/mol. The van der Waals surface area contributed by atoms with E-state index in [0.29, 0.717) is 12.8 Å². The lowest BCUT2D eigenvalue weighted by molar-refractivity contribution is -0.305. The van der Waals surface area contributed by atoms with E-state index in [-0.39, 0.29) is 19.4 Å². The van der Waals surface area contributed by atoms with Crippen molar-refractivity contribution in [1.82, 2.24) is 5.32 Å². The van der Waals surface area contributed by atoms with E-state index in [4.69, 9.17) is 14.2 Å². The maximum Gasteiger partial charge on any atom is 0.306 e. The van der Waals surface area contributed by atoms with Gasteiger partial charge in [0.15, 0.2) is 12.4 Å². The van der Waals surface area contributed by atoms with Gasteiger partial charge >= 0.3 is 5.97 Å². The lowest BCUT2D eigenvalue weighted by atomic mass is 9.99. The highest BCUT2D eigenvalue weighted by molar-refractivity contribution is 5.80. The number of aliphatic hydroxyl groups is 5. The summed E-state index contributed by atoms with van der Waals surface area (Å²) >= 11 is 0. The highest BCUT2D eigenvalue weighted by Gasteiger charge is 2.47. The van der Waals surface area contributed by atoms with Gasteiger partial charge in [-0.25, -0.2) is 0 Å². The molecule has 8 atom stereocenters. The third-order valence-corrected chi connectivity index (χ3v) is 14.3. The van der Waals surface area contributed by atoms with Crippen LogP contribution in [-0.4, -0.2) is 99.6 Å². The van der Waals surface area contributed by atoms with Crippen LogP contribution in [0.5, 0.6) is 0 Å². The fourth-order valence-electron chi connectivity index (χ4n) is 9.23. The minimum absolute atomic E-state index is 0.105. The highest BCUT2D eigenvalue weighted by atomic mass is 16.7. The van der Waals surface area contributed by atoms with Crippen LogP contribution in [0.2, 0.25) is 0 Å². The molecule has 1 saturated heterocycles. The molecule has 0 bridgehead atoms. The van der Waals surface area contributed by atoms with Gasteiger partial charge in [0.1, 0.15) is 24.4 Å². The monoisotopic (exact) mass is 1110 g/mol. The minimum Gasteiger partial charge on any atom is -0.454 e. The fraction of sp³-hybridized carbons (Fsp3) is 0.706. The van der Waals surface area contributed by atoms with E-state index in [1.807, 2.05) is 48.6 Å². The molecule has 1 rings (SSSR count). The molecule has 0 aromatic carbocycles. The summed E-state index contributed by atoms with van der Waals surface area (Å²) in [6.07, 6.45) is 64.2. The summed E-state index contributed by atoms with van der Waals surface area (Å²) in [7, 11) is 0. The van der Waals surface area contributed by atoms with Gasteiger partial charge in [-0.1, -0.05) is 259 Å². The first kappa shape index (κ1) is 73.3. The fourth-order valence-corrected chi connectivity index (χ4v) is 9.23. The lowest BCUT2D eigenvalue weighted by Gasteiger charge is -2.41. The van der Waals surface area contributed by atoms with Crippen molar-refractivity contribution in [3.05, 3.63) is 109 Å². The first-order valence-corrected chi connectivity index (χ1v) is 31.7. The number of hydrogen-bond donors (Lipinski definition) is 6. The number of carbonyl (C=O) groups excluding carboxylic acids is 2. The summed E-state index contributed by atoms with van der Waals surface area (Å²) in [6, 6.07) is -1.05. The second-order valence-corrected chi connectivity index (χ2v) is 21.5. The number of rotatable bonds is 52. The molecule has 1 fully saturated rings. The van der Waals surface area contributed by atoms with Crippen LogP contribution >= 0.6 is 0 Å². The molecule has 0 aliphatic carbocycles. The van der Waals surface area contributed by atoms with E-state index in [0.717, 1.165) is 96.3 Å². The van der Waals surface area contributed by atoms with Gasteiger partial charge in [0.25, 0.3) is 0 Å². The Hall–Kier alpha value is -3.68. The Balaban J connectivity index is 2.64. The summed E-state index contributed by atoms with van der Waals surface area (Å²) in [5, 5.41) is 56.9. The average Bonchev–Trinajstić information content (AvgIpc) is 3.51.